The number of nitrogens with one attached hydrogen (secondary N) is 1. The van der Waals surface area contributed by atoms with Gasteiger partial charge in [-0.2, -0.15) is 5.10 Å². The van der Waals surface area contributed by atoms with Crippen LogP contribution in [0, 0.1) is 13.8 Å². The smallest absolute Gasteiger partial charge is 0.150 e. The van der Waals surface area contributed by atoms with Crippen molar-refractivity contribution in [1.29, 1.82) is 0 Å². The molecular formula is C23H25N5O. The van der Waals surface area contributed by atoms with E-state index in [-0.39, 0.29) is 0 Å². The maximum atomic E-state index is 5.50. The molecule has 0 amide bonds. The lowest BCUT2D eigenvalue weighted by Crippen LogP contribution is -2.36. The number of morpholine rings is 1. The van der Waals surface area contributed by atoms with Crippen LogP contribution in [0.3, 0.4) is 0 Å². The Hall–Kier alpha value is -3.25. The predicted molar refractivity (Wildman–Crippen MR) is 118 cm³/mol. The first kappa shape index (κ1) is 19.1. The van der Waals surface area contributed by atoms with Crippen LogP contribution in [0.5, 0.6) is 0 Å². The zero-order valence-corrected chi connectivity index (χ0v) is 16.8. The fourth-order valence-corrected chi connectivity index (χ4v) is 3.36. The Morgan fingerprint density at radius 2 is 1.76 bits per heavy atom. The van der Waals surface area contributed by atoms with Gasteiger partial charge in [0.25, 0.3) is 0 Å². The van der Waals surface area contributed by atoms with Crippen molar-refractivity contribution in [3.63, 3.8) is 0 Å². The number of hydrazone groups is 1. The molecule has 3 aromatic rings. The van der Waals surface area contributed by atoms with Gasteiger partial charge in [0, 0.05) is 30.4 Å². The van der Waals surface area contributed by atoms with Gasteiger partial charge in [-0.05, 0) is 25.5 Å². The van der Waals surface area contributed by atoms with E-state index in [4.69, 9.17) is 4.74 Å². The van der Waals surface area contributed by atoms with E-state index < -0.39 is 0 Å². The normalized spacial score (nSPS) is 14.3. The van der Waals surface area contributed by atoms with Crippen LogP contribution >= 0.6 is 0 Å². The van der Waals surface area contributed by atoms with Crippen LogP contribution in [0.25, 0.3) is 11.3 Å². The van der Waals surface area contributed by atoms with Gasteiger partial charge in [0.2, 0.25) is 0 Å². The third kappa shape index (κ3) is 4.78. The van der Waals surface area contributed by atoms with Gasteiger partial charge in [-0.3, -0.25) is 5.43 Å². The Bertz CT molecular complexity index is 994. The highest BCUT2D eigenvalue weighted by Crippen LogP contribution is 2.31. The predicted octanol–water partition coefficient (Wildman–Crippen LogP) is 4.04. The van der Waals surface area contributed by atoms with E-state index in [2.05, 4.69) is 62.7 Å². The topological polar surface area (TPSA) is 62.6 Å². The van der Waals surface area contributed by atoms with Gasteiger partial charge in [-0.1, -0.05) is 48.0 Å². The maximum absolute atomic E-state index is 5.50. The lowest BCUT2D eigenvalue weighted by Gasteiger charge is -2.30. The van der Waals surface area contributed by atoms with Crippen molar-refractivity contribution in [3.8, 4) is 11.3 Å². The molecule has 2 heterocycles. The number of rotatable bonds is 5. The molecule has 0 bridgehead atoms. The van der Waals surface area contributed by atoms with Crippen LogP contribution in [0.1, 0.15) is 17.0 Å². The number of benzene rings is 2. The molecule has 0 spiro atoms. The quantitative estimate of drug-likeness (QED) is 0.529. The molecule has 6 heteroatoms. The minimum atomic E-state index is 0.674. The molecule has 2 aromatic carbocycles. The van der Waals surface area contributed by atoms with Crippen LogP contribution in [0.15, 0.2) is 59.7 Å². The highest BCUT2D eigenvalue weighted by Gasteiger charge is 2.16. The lowest BCUT2D eigenvalue weighted by molar-refractivity contribution is 0.123. The average Bonchev–Trinajstić information content (AvgIpc) is 2.75. The summed E-state index contributed by atoms with van der Waals surface area (Å²) in [5.41, 5.74) is 8.44. The number of para-hydroxylation sites is 1. The van der Waals surface area contributed by atoms with Crippen molar-refractivity contribution in [1.82, 2.24) is 9.97 Å². The molecule has 1 saturated heterocycles. The molecule has 0 atom stereocenters. The minimum absolute atomic E-state index is 0.674. The summed E-state index contributed by atoms with van der Waals surface area (Å²) < 4.78 is 5.50. The Balaban J connectivity index is 1.58. The summed E-state index contributed by atoms with van der Waals surface area (Å²) in [6, 6.07) is 18.5. The Kier molecular flexibility index (Phi) is 5.81. The summed E-state index contributed by atoms with van der Waals surface area (Å²) in [4.78, 5) is 11.5. The third-order valence-corrected chi connectivity index (χ3v) is 4.84. The molecule has 0 saturated carbocycles. The molecule has 1 aliphatic rings. The average molecular weight is 387 g/mol. The largest absolute Gasteiger partial charge is 0.378 e. The summed E-state index contributed by atoms with van der Waals surface area (Å²) in [7, 11) is 0. The second-order valence-electron chi connectivity index (χ2n) is 7.08. The van der Waals surface area contributed by atoms with E-state index in [0.29, 0.717) is 11.6 Å². The Morgan fingerprint density at radius 1 is 1.00 bits per heavy atom. The first-order valence-corrected chi connectivity index (χ1v) is 9.82. The zero-order chi connectivity index (χ0) is 20.1. The molecule has 1 aromatic heterocycles. The van der Waals surface area contributed by atoms with Crippen LogP contribution in [-0.4, -0.2) is 42.5 Å². The molecule has 1 aliphatic heterocycles. The summed E-state index contributed by atoms with van der Waals surface area (Å²) in [5.74, 6) is 1.37. The monoisotopic (exact) mass is 387 g/mol. The van der Waals surface area contributed by atoms with E-state index in [1.165, 1.54) is 11.3 Å². The van der Waals surface area contributed by atoms with E-state index >= 15 is 0 Å². The van der Waals surface area contributed by atoms with Gasteiger partial charge in [0.05, 0.1) is 25.1 Å². The van der Waals surface area contributed by atoms with E-state index in [1.54, 1.807) is 6.21 Å². The minimum Gasteiger partial charge on any atom is -0.378 e. The van der Waals surface area contributed by atoms with Gasteiger partial charge in [-0.15, -0.1) is 0 Å². The van der Waals surface area contributed by atoms with Crippen LogP contribution in [-0.2, 0) is 4.74 Å². The molecule has 6 nitrogen and oxygen atoms in total. The van der Waals surface area contributed by atoms with Crippen molar-refractivity contribution in [2.45, 2.75) is 13.8 Å². The SMILES string of the molecule is Cc1ccc(/C=N/Nc2cc(-c3ccccc3N3CCOCC3)nc(C)n2)cc1. The van der Waals surface area contributed by atoms with Gasteiger partial charge in [0.15, 0.2) is 0 Å². The third-order valence-electron chi connectivity index (χ3n) is 4.84. The van der Waals surface area contributed by atoms with Gasteiger partial charge in [-0.25, -0.2) is 9.97 Å². The van der Waals surface area contributed by atoms with Gasteiger partial charge in [0.1, 0.15) is 11.6 Å². The molecular weight excluding hydrogens is 362 g/mol. The molecule has 29 heavy (non-hydrogen) atoms. The zero-order valence-electron chi connectivity index (χ0n) is 16.8. The highest BCUT2D eigenvalue weighted by molar-refractivity contribution is 5.80. The number of aryl methyl sites for hydroxylation is 2. The standard InChI is InChI=1S/C23H25N5O/c1-17-7-9-19(10-8-17)16-24-27-23-15-21(25-18(2)26-23)20-5-3-4-6-22(20)28-11-13-29-14-12-28/h3-10,15-16H,11-14H2,1-2H3,(H,25,26,27)/b24-16+. The second-order valence-corrected chi connectivity index (χ2v) is 7.08. The number of aromatic nitrogens is 2. The Labute approximate surface area is 171 Å². The first-order chi connectivity index (χ1) is 14.2. The van der Waals surface area contributed by atoms with E-state index in [1.807, 2.05) is 31.2 Å². The fraction of sp³-hybridized carbons (Fsp3) is 0.261. The number of hydrogen-bond acceptors (Lipinski definition) is 6. The molecule has 4 rings (SSSR count). The number of nitrogens with zero attached hydrogens (tertiary/aromatic N) is 4. The Morgan fingerprint density at radius 3 is 2.55 bits per heavy atom. The van der Waals surface area contributed by atoms with Crippen LogP contribution in [0.4, 0.5) is 11.5 Å². The second kappa shape index (κ2) is 8.84. The van der Waals surface area contributed by atoms with Crippen LogP contribution in [0.2, 0.25) is 0 Å². The summed E-state index contributed by atoms with van der Waals surface area (Å²) in [6.45, 7) is 7.23. The number of hydrogen-bond donors (Lipinski definition) is 1. The van der Waals surface area contributed by atoms with Crippen molar-refractivity contribution in [2.24, 2.45) is 5.10 Å². The molecule has 1 fully saturated rings. The van der Waals surface area contributed by atoms with E-state index in [9.17, 15) is 0 Å². The first-order valence-electron chi connectivity index (χ1n) is 9.82. The summed E-state index contributed by atoms with van der Waals surface area (Å²) >= 11 is 0. The molecule has 0 radical (unpaired) electrons. The van der Waals surface area contributed by atoms with Gasteiger partial charge >= 0.3 is 0 Å². The highest BCUT2D eigenvalue weighted by atomic mass is 16.5. The van der Waals surface area contributed by atoms with Gasteiger partial charge < -0.3 is 9.64 Å². The van der Waals surface area contributed by atoms with E-state index in [0.717, 1.165) is 43.1 Å². The van der Waals surface area contributed by atoms with Crippen molar-refractivity contribution in [3.05, 3.63) is 71.5 Å². The van der Waals surface area contributed by atoms with Crippen molar-refractivity contribution < 1.29 is 4.74 Å². The molecule has 0 unspecified atom stereocenters. The summed E-state index contributed by atoms with van der Waals surface area (Å²) in [6.07, 6.45) is 1.79. The molecule has 1 N–H and O–H groups in total. The molecule has 148 valence electrons. The summed E-state index contributed by atoms with van der Waals surface area (Å²) in [5, 5.41) is 4.34. The number of ether oxygens (including phenoxy) is 1. The molecule has 0 aliphatic carbocycles. The van der Waals surface area contributed by atoms with Crippen molar-refractivity contribution in [2.75, 3.05) is 36.6 Å². The fourth-order valence-electron chi connectivity index (χ4n) is 3.36. The van der Waals surface area contributed by atoms with Crippen molar-refractivity contribution >= 4 is 17.7 Å². The lowest BCUT2D eigenvalue weighted by atomic mass is 10.1. The maximum Gasteiger partial charge on any atom is 0.150 e. The number of anilines is 2. The van der Waals surface area contributed by atoms with Crippen LogP contribution < -0.4 is 10.3 Å².